The van der Waals surface area contributed by atoms with Crippen LogP contribution in [0.15, 0.2) is 0 Å². The van der Waals surface area contributed by atoms with Crippen LogP contribution in [0, 0.1) is 0 Å². The summed E-state index contributed by atoms with van der Waals surface area (Å²) in [7, 11) is 0. The molecule has 0 aliphatic heterocycles. The maximum absolute atomic E-state index is 5.99. The highest BCUT2D eigenvalue weighted by molar-refractivity contribution is 5.51. The van der Waals surface area contributed by atoms with Gasteiger partial charge < -0.3 is 10.6 Å². The molecule has 2 N–H and O–H groups in total. The first kappa shape index (κ1) is 15.9. The Kier molecular flexibility index (Phi) is 6.78. The van der Waals surface area contributed by atoms with Crippen LogP contribution in [0.4, 0.5) is 5.82 Å². The molecule has 0 bridgehead atoms. The van der Waals surface area contributed by atoms with Gasteiger partial charge in [-0.25, -0.2) is 0 Å². The van der Waals surface area contributed by atoms with Gasteiger partial charge in [0.15, 0.2) is 5.82 Å². The van der Waals surface area contributed by atoms with Gasteiger partial charge in [0.2, 0.25) is 0 Å². The fourth-order valence-electron chi connectivity index (χ4n) is 2.57. The number of aryl methyl sites for hydroxylation is 1. The van der Waals surface area contributed by atoms with Gasteiger partial charge in [-0.05, 0) is 31.2 Å². The summed E-state index contributed by atoms with van der Waals surface area (Å²) in [5.74, 6) is 1.00. The van der Waals surface area contributed by atoms with Crippen molar-refractivity contribution in [3.8, 4) is 0 Å². The Morgan fingerprint density at radius 3 is 1.95 bits per heavy atom. The van der Waals surface area contributed by atoms with Crippen molar-refractivity contribution in [3.63, 3.8) is 0 Å². The van der Waals surface area contributed by atoms with Gasteiger partial charge in [0.25, 0.3) is 0 Å². The summed E-state index contributed by atoms with van der Waals surface area (Å²) in [6.45, 7) is 11.3. The summed E-state index contributed by atoms with van der Waals surface area (Å²) in [6.07, 6.45) is 4.13. The molecule has 0 spiro atoms. The number of rotatable bonds is 8. The van der Waals surface area contributed by atoms with E-state index >= 15 is 0 Å². The zero-order valence-electron chi connectivity index (χ0n) is 12.9. The Hall–Kier alpha value is -1.16. The van der Waals surface area contributed by atoms with Crippen molar-refractivity contribution in [2.45, 2.75) is 59.9 Å². The molecule has 19 heavy (non-hydrogen) atoms. The zero-order chi connectivity index (χ0) is 14.3. The van der Waals surface area contributed by atoms with Crippen LogP contribution in [-0.4, -0.2) is 23.3 Å². The first-order chi connectivity index (χ1) is 9.23. The van der Waals surface area contributed by atoms with Crippen LogP contribution in [-0.2, 0) is 19.4 Å². The first-order valence-corrected chi connectivity index (χ1v) is 7.55. The van der Waals surface area contributed by atoms with Crippen LogP contribution < -0.4 is 10.6 Å². The van der Waals surface area contributed by atoms with Crippen LogP contribution in [0.3, 0.4) is 0 Å². The van der Waals surface area contributed by atoms with Crippen LogP contribution in [0.2, 0.25) is 0 Å². The Morgan fingerprint density at radius 1 is 0.895 bits per heavy atom. The van der Waals surface area contributed by atoms with Crippen LogP contribution in [0.25, 0.3) is 0 Å². The lowest BCUT2D eigenvalue weighted by atomic mass is 10.0. The van der Waals surface area contributed by atoms with E-state index in [1.54, 1.807) is 0 Å². The average molecular weight is 264 g/mol. The van der Waals surface area contributed by atoms with Gasteiger partial charge in [0, 0.05) is 25.2 Å². The molecular weight excluding hydrogens is 236 g/mol. The summed E-state index contributed by atoms with van der Waals surface area (Å²) in [5.41, 5.74) is 9.57. The Bertz CT molecular complexity index is 384. The largest absolute Gasteiger partial charge is 0.355 e. The Balaban J connectivity index is 3.24. The fraction of sp³-hybridized carbons (Fsp3) is 0.733. The second-order valence-electron chi connectivity index (χ2n) is 4.83. The number of aromatic nitrogens is 2. The smallest absolute Gasteiger partial charge is 0.156 e. The summed E-state index contributed by atoms with van der Waals surface area (Å²) in [6, 6.07) is 0. The molecule has 0 unspecified atom stereocenters. The third-order valence-corrected chi connectivity index (χ3v) is 3.43. The maximum Gasteiger partial charge on any atom is 0.156 e. The van der Waals surface area contributed by atoms with Crippen molar-refractivity contribution >= 4 is 5.82 Å². The van der Waals surface area contributed by atoms with E-state index < -0.39 is 0 Å². The predicted molar refractivity (Wildman–Crippen MR) is 81.5 cm³/mol. The maximum atomic E-state index is 5.99. The van der Waals surface area contributed by atoms with Gasteiger partial charge in [0.05, 0.1) is 5.69 Å². The second-order valence-corrected chi connectivity index (χ2v) is 4.83. The van der Waals surface area contributed by atoms with Crippen molar-refractivity contribution in [2.75, 3.05) is 18.0 Å². The fourth-order valence-corrected chi connectivity index (χ4v) is 2.57. The normalized spacial score (nSPS) is 10.8. The predicted octanol–water partition coefficient (Wildman–Crippen LogP) is 2.69. The van der Waals surface area contributed by atoms with Crippen LogP contribution in [0.1, 0.15) is 57.4 Å². The molecule has 1 rings (SSSR count). The topological polar surface area (TPSA) is 55.0 Å². The van der Waals surface area contributed by atoms with E-state index in [1.165, 1.54) is 11.1 Å². The van der Waals surface area contributed by atoms with Crippen molar-refractivity contribution < 1.29 is 0 Å². The van der Waals surface area contributed by atoms with Crippen LogP contribution >= 0.6 is 0 Å². The molecule has 108 valence electrons. The molecule has 4 heteroatoms. The van der Waals surface area contributed by atoms with E-state index in [4.69, 9.17) is 5.73 Å². The molecule has 0 aliphatic rings. The molecule has 0 radical (unpaired) electrons. The van der Waals surface area contributed by atoms with Crippen molar-refractivity contribution in [2.24, 2.45) is 5.73 Å². The van der Waals surface area contributed by atoms with Gasteiger partial charge in [-0.2, -0.15) is 5.10 Å². The molecule has 4 nitrogen and oxygen atoms in total. The molecule has 0 aromatic carbocycles. The third kappa shape index (κ3) is 3.66. The number of hydrogen-bond donors (Lipinski definition) is 1. The lowest BCUT2D eigenvalue weighted by Crippen LogP contribution is -2.29. The van der Waals surface area contributed by atoms with Crippen LogP contribution in [0.5, 0.6) is 0 Å². The lowest BCUT2D eigenvalue weighted by Gasteiger charge is -2.26. The quantitative estimate of drug-likeness (QED) is 0.784. The number of nitrogens with two attached hydrogens (primary N) is 1. The zero-order valence-corrected chi connectivity index (χ0v) is 12.9. The number of anilines is 1. The summed E-state index contributed by atoms with van der Waals surface area (Å²) in [5, 5.41) is 8.88. The third-order valence-electron chi connectivity index (χ3n) is 3.43. The molecule has 0 amide bonds. The van der Waals surface area contributed by atoms with Crippen molar-refractivity contribution in [1.29, 1.82) is 0 Å². The van der Waals surface area contributed by atoms with E-state index in [9.17, 15) is 0 Å². The van der Waals surface area contributed by atoms with Gasteiger partial charge >= 0.3 is 0 Å². The molecule has 0 saturated heterocycles. The van der Waals surface area contributed by atoms with Gasteiger partial charge in [-0.1, -0.05) is 27.7 Å². The summed E-state index contributed by atoms with van der Waals surface area (Å²) >= 11 is 0. The minimum absolute atomic E-state index is 0.547. The number of nitrogens with zero attached hydrogens (tertiary/aromatic N) is 3. The Labute approximate surface area is 117 Å². The molecule has 1 heterocycles. The number of hydrogen-bond acceptors (Lipinski definition) is 4. The minimum Gasteiger partial charge on any atom is -0.355 e. The van der Waals surface area contributed by atoms with E-state index in [1.807, 2.05) is 0 Å². The SMILES string of the molecule is CCCN(CCC)c1nnc(CC)c(CC)c1CN. The minimum atomic E-state index is 0.547. The molecular formula is C15H28N4. The summed E-state index contributed by atoms with van der Waals surface area (Å²) < 4.78 is 0. The standard InChI is InChI=1S/C15H28N4/c1-5-9-19(10-6-2)15-13(11-16)12(7-3)14(8-4)17-18-15/h5-11,16H2,1-4H3. The highest BCUT2D eigenvalue weighted by Crippen LogP contribution is 2.24. The molecule has 0 saturated carbocycles. The van der Waals surface area contributed by atoms with E-state index in [-0.39, 0.29) is 0 Å². The average Bonchev–Trinajstić information content (AvgIpc) is 2.45. The summed E-state index contributed by atoms with van der Waals surface area (Å²) in [4.78, 5) is 2.33. The second kappa shape index (κ2) is 8.10. The van der Waals surface area contributed by atoms with Gasteiger partial charge in [-0.3, -0.25) is 0 Å². The van der Waals surface area contributed by atoms with Crippen molar-refractivity contribution in [1.82, 2.24) is 10.2 Å². The molecule has 1 aromatic heterocycles. The van der Waals surface area contributed by atoms with E-state index in [0.717, 1.165) is 50.3 Å². The Morgan fingerprint density at radius 2 is 1.53 bits per heavy atom. The van der Waals surface area contributed by atoms with E-state index in [2.05, 4.69) is 42.8 Å². The molecule has 0 fully saturated rings. The monoisotopic (exact) mass is 264 g/mol. The van der Waals surface area contributed by atoms with Crippen molar-refractivity contribution in [3.05, 3.63) is 16.8 Å². The van der Waals surface area contributed by atoms with Gasteiger partial charge in [0.1, 0.15) is 0 Å². The van der Waals surface area contributed by atoms with Gasteiger partial charge in [-0.15, -0.1) is 5.10 Å². The first-order valence-electron chi connectivity index (χ1n) is 7.55. The molecule has 0 aliphatic carbocycles. The molecule has 1 aromatic rings. The molecule has 0 atom stereocenters. The van der Waals surface area contributed by atoms with E-state index in [0.29, 0.717) is 6.54 Å². The highest BCUT2D eigenvalue weighted by atomic mass is 15.3. The lowest BCUT2D eigenvalue weighted by molar-refractivity contribution is 0.709. The highest BCUT2D eigenvalue weighted by Gasteiger charge is 2.17.